The molecule has 0 radical (unpaired) electrons. The monoisotopic (exact) mass is 375 g/mol. The number of rotatable bonds is 4. The molecule has 2 heterocycles. The molecule has 0 spiro atoms. The maximum absolute atomic E-state index is 12.5. The summed E-state index contributed by atoms with van der Waals surface area (Å²) in [5.41, 5.74) is 4.05. The molecule has 1 N–H and O–H groups in total. The first-order valence-corrected chi connectivity index (χ1v) is 9.37. The lowest BCUT2D eigenvalue weighted by Gasteiger charge is -2.29. The average Bonchev–Trinajstić information content (AvgIpc) is 3.24. The van der Waals surface area contributed by atoms with Crippen LogP contribution in [0.2, 0.25) is 0 Å². The van der Waals surface area contributed by atoms with Crippen LogP contribution in [0.4, 0.5) is 5.69 Å². The topological polar surface area (TPSA) is 75.4 Å². The van der Waals surface area contributed by atoms with Crippen molar-refractivity contribution in [2.24, 2.45) is 0 Å². The summed E-state index contributed by atoms with van der Waals surface area (Å²) in [6.07, 6.45) is 1.33. The van der Waals surface area contributed by atoms with Crippen LogP contribution in [0, 0.1) is 0 Å². The predicted octanol–water partition coefficient (Wildman–Crippen LogP) is 3.89. The zero-order valence-electron chi connectivity index (χ0n) is 15.6. The van der Waals surface area contributed by atoms with Crippen LogP contribution in [0.15, 0.2) is 59.1 Å². The quantitative estimate of drug-likeness (QED) is 0.751. The third kappa shape index (κ3) is 3.67. The fraction of sp³-hybridized carbons (Fsp3) is 0.227. The number of benzene rings is 2. The van der Waals surface area contributed by atoms with E-state index in [-0.39, 0.29) is 17.5 Å². The number of carbonyl (C=O) groups is 2. The van der Waals surface area contributed by atoms with Crippen LogP contribution in [-0.2, 0) is 17.8 Å². The Morgan fingerprint density at radius 2 is 1.93 bits per heavy atom. The van der Waals surface area contributed by atoms with E-state index in [1.165, 1.54) is 5.56 Å². The SMILES string of the molecule is CCC(=O)N1CCc2ccc(NC(=O)c3cc(-c4ccccc4)on3)cc2C1. The first kappa shape index (κ1) is 18.0. The summed E-state index contributed by atoms with van der Waals surface area (Å²) in [4.78, 5) is 26.4. The normalized spacial score (nSPS) is 13.1. The zero-order valence-corrected chi connectivity index (χ0v) is 15.6. The highest BCUT2D eigenvalue weighted by Crippen LogP contribution is 2.24. The van der Waals surface area contributed by atoms with Gasteiger partial charge in [0.15, 0.2) is 11.5 Å². The lowest BCUT2D eigenvalue weighted by molar-refractivity contribution is -0.131. The number of hydrogen-bond acceptors (Lipinski definition) is 4. The lowest BCUT2D eigenvalue weighted by Crippen LogP contribution is -2.35. The summed E-state index contributed by atoms with van der Waals surface area (Å²) in [7, 11) is 0. The third-order valence-corrected chi connectivity index (χ3v) is 4.93. The van der Waals surface area contributed by atoms with E-state index in [4.69, 9.17) is 4.52 Å². The van der Waals surface area contributed by atoms with E-state index in [0.717, 1.165) is 24.1 Å². The molecule has 0 unspecified atom stereocenters. The second-order valence-corrected chi connectivity index (χ2v) is 6.80. The molecule has 4 rings (SSSR count). The van der Waals surface area contributed by atoms with Gasteiger partial charge in [-0.15, -0.1) is 0 Å². The molecule has 1 aromatic heterocycles. The number of hydrogen-bond donors (Lipinski definition) is 1. The summed E-state index contributed by atoms with van der Waals surface area (Å²) in [5, 5.41) is 6.75. The highest BCUT2D eigenvalue weighted by molar-refractivity contribution is 6.03. The van der Waals surface area contributed by atoms with Gasteiger partial charge in [0.1, 0.15) is 0 Å². The molecule has 6 nitrogen and oxygen atoms in total. The zero-order chi connectivity index (χ0) is 19.5. The van der Waals surface area contributed by atoms with Crippen LogP contribution < -0.4 is 5.32 Å². The number of anilines is 1. The molecule has 3 aromatic rings. The molecule has 142 valence electrons. The first-order valence-electron chi connectivity index (χ1n) is 9.37. The number of fused-ring (bicyclic) bond motifs is 1. The number of carbonyl (C=O) groups excluding carboxylic acids is 2. The highest BCUT2D eigenvalue weighted by Gasteiger charge is 2.20. The molecular weight excluding hydrogens is 354 g/mol. The van der Waals surface area contributed by atoms with Gasteiger partial charge in [-0.25, -0.2) is 0 Å². The van der Waals surface area contributed by atoms with Crippen molar-refractivity contribution in [1.29, 1.82) is 0 Å². The number of nitrogens with zero attached hydrogens (tertiary/aromatic N) is 2. The van der Waals surface area contributed by atoms with E-state index in [2.05, 4.69) is 10.5 Å². The number of aromatic nitrogens is 1. The summed E-state index contributed by atoms with van der Waals surface area (Å²) in [6.45, 7) is 3.19. The molecule has 0 fully saturated rings. The van der Waals surface area contributed by atoms with Crippen molar-refractivity contribution in [2.75, 3.05) is 11.9 Å². The van der Waals surface area contributed by atoms with Crippen LogP contribution in [0.1, 0.15) is 35.0 Å². The Morgan fingerprint density at radius 3 is 2.71 bits per heavy atom. The molecule has 0 saturated heterocycles. The highest BCUT2D eigenvalue weighted by atomic mass is 16.5. The van der Waals surface area contributed by atoms with Crippen LogP contribution in [0.3, 0.4) is 0 Å². The van der Waals surface area contributed by atoms with Crippen molar-refractivity contribution >= 4 is 17.5 Å². The van der Waals surface area contributed by atoms with Gasteiger partial charge in [0.2, 0.25) is 5.91 Å². The molecule has 2 amide bonds. The molecule has 6 heteroatoms. The molecule has 1 aliphatic heterocycles. The molecule has 2 aromatic carbocycles. The minimum absolute atomic E-state index is 0.149. The van der Waals surface area contributed by atoms with E-state index < -0.39 is 0 Å². The summed E-state index contributed by atoms with van der Waals surface area (Å²) < 4.78 is 5.30. The summed E-state index contributed by atoms with van der Waals surface area (Å²) in [5.74, 6) is 0.365. The van der Waals surface area contributed by atoms with Gasteiger partial charge < -0.3 is 14.7 Å². The van der Waals surface area contributed by atoms with E-state index in [1.807, 2.05) is 60.4 Å². The molecular formula is C22H21N3O3. The van der Waals surface area contributed by atoms with E-state index >= 15 is 0 Å². The Labute approximate surface area is 163 Å². The minimum atomic E-state index is -0.330. The van der Waals surface area contributed by atoms with Crippen molar-refractivity contribution in [3.05, 3.63) is 71.4 Å². The average molecular weight is 375 g/mol. The Hall–Kier alpha value is -3.41. The molecule has 28 heavy (non-hydrogen) atoms. The van der Waals surface area contributed by atoms with Gasteiger partial charge in [0, 0.05) is 36.8 Å². The maximum Gasteiger partial charge on any atom is 0.277 e. The van der Waals surface area contributed by atoms with Crippen molar-refractivity contribution < 1.29 is 14.1 Å². The molecule has 0 atom stereocenters. The number of amides is 2. The second kappa shape index (κ2) is 7.68. The van der Waals surface area contributed by atoms with Crippen LogP contribution >= 0.6 is 0 Å². The fourth-order valence-corrected chi connectivity index (χ4v) is 3.39. The molecule has 1 aliphatic rings. The van der Waals surface area contributed by atoms with Gasteiger partial charge in [-0.2, -0.15) is 0 Å². The van der Waals surface area contributed by atoms with Gasteiger partial charge in [0.25, 0.3) is 5.91 Å². The van der Waals surface area contributed by atoms with E-state index in [9.17, 15) is 9.59 Å². The predicted molar refractivity (Wildman–Crippen MR) is 106 cm³/mol. The van der Waals surface area contributed by atoms with E-state index in [1.54, 1.807) is 6.07 Å². The van der Waals surface area contributed by atoms with Gasteiger partial charge in [-0.05, 0) is 29.7 Å². The fourth-order valence-electron chi connectivity index (χ4n) is 3.39. The Morgan fingerprint density at radius 1 is 1.11 bits per heavy atom. The van der Waals surface area contributed by atoms with E-state index in [0.29, 0.717) is 24.4 Å². The van der Waals surface area contributed by atoms with Gasteiger partial charge >= 0.3 is 0 Å². The Bertz CT molecular complexity index is 1010. The smallest absolute Gasteiger partial charge is 0.277 e. The van der Waals surface area contributed by atoms with Crippen molar-refractivity contribution in [1.82, 2.24) is 10.1 Å². The van der Waals surface area contributed by atoms with Crippen LogP contribution in [0.25, 0.3) is 11.3 Å². The Balaban J connectivity index is 1.48. The standard InChI is InChI=1S/C22H21N3O3/c1-2-21(26)25-11-10-15-8-9-18(12-17(15)14-25)23-22(27)19-13-20(28-24-19)16-6-4-3-5-7-16/h3-9,12-13H,2,10-11,14H2,1H3,(H,23,27). The minimum Gasteiger partial charge on any atom is -0.355 e. The van der Waals surface area contributed by atoms with Gasteiger partial charge in [-0.1, -0.05) is 48.5 Å². The van der Waals surface area contributed by atoms with Gasteiger partial charge in [0.05, 0.1) is 0 Å². The third-order valence-electron chi connectivity index (χ3n) is 4.93. The molecule has 0 bridgehead atoms. The second-order valence-electron chi connectivity index (χ2n) is 6.80. The Kier molecular flexibility index (Phi) is 4.93. The van der Waals surface area contributed by atoms with Crippen LogP contribution in [0.5, 0.6) is 0 Å². The summed E-state index contributed by atoms with van der Waals surface area (Å²) in [6, 6.07) is 17.0. The first-order chi connectivity index (χ1) is 13.6. The summed E-state index contributed by atoms with van der Waals surface area (Å²) >= 11 is 0. The van der Waals surface area contributed by atoms with Crippen LogP contribution in [-0.4, -0.2) is 28.4 Å². The van der Waals surface area contributed by atoms with Gasteiger partial charge in [-0.3, -0.25) is 9.59 Å². The van der Waals surface area contributed by atoms with Crippen molar-refractivity contribution in [2.45, 2.75) is 26.3 Å². The lowest BCUT2D eigenvalue weighted by atomic mass is 9.98. The largest absolute Gasteiger partial charge is 0.355 e. The van der Waals surface area contributed by atoms with Crippen molar-refractivity contribution in [3.63, 3.8) is 0 Å². The molecule has 0 saturated carbocycles. The molecule has 0 aliphatic carbocycles. The van der Waals surface area contributed by atoms with Crippen molar-refractivity contribution in [3.8, 4) is 11.3 Å². The number of nitrogens with one attached hydrogen (secondary N) is 1. The maximum atomic E-state index is 12.5.